The van der Waals surface area contributed by atoms with Crippen LogP contribution in [0.5, 0.6) is 28.7 Å². The maximum Gasteiger partial charge on any atom is 0.232 e. The molecule has 0 aliphatic carbocycles. The van der Waals surface area contributed by atoms with E-state index >= 15 is 0 Å². The van der Waals surface area contributed by atoms with E-state index in [1.807, 2.05) is 37.6 Å². The number of fused-ring (bicyclic) bond motifs is 1. The number of unbranched alkanes of at least 4 members (excludes halogenated alkanes) is 1. The van der Waals surface area contributed by atoms with Gasteiger partial charge in [0.05, 0.1) is 43.9 Å². The van der Waals surface area contributed by atoms with E-state index in [2.05, 4.69) is 16.9 Å². The van der Waals surface area contributed by atoms with Crippen molar-refractivity contribution in [2.24, 2.45) is 5.73 Å². The van der Waals surface area contributed by atoms with Gasteiger partial charge in [-0.1, -0.05) is 20.3 Å². The van der Waals surface area contributed by atoms with Gasteiger partial charge in [-0.25, -0.2) is 0 Å². The summed E-state index contributed by atoms with van der Waals surface area (Å²) < 4.78 is 25.0. The number of methoxy groups -OCH3 is 2. The molecule has 10 nitrogen and oxygen atoms in total. The Hall–Kier alpha value is -4.34. The van der Waals surface area contributed by atoms with Crippen molar-refractivity contribution in [3.05, 3.63) is 59.3 Å². The number of pyridine rings is 2. The van der Waals surface area contributed by atoms with Gasteiger partial charge < -0.3 is 24.7 Å². The molecule has 0 aliphatic heterocycles. The molecule has 10 heteroatoms. The van der Waals surface area contributed by atoms with Crippen molar-refractivity contribution in [2.75, 3.05) is 20.8 Å². The van der Waals surface area contributed by atoms with E-state index in [-0.39, 0.29) is 0 Å². The first-order valence-corrected chi connectivity index (χ1v) is 13.5. The molecule has 2 N–H and O–H groups in total. The van der Waals surface area contributed by atoms with Crippen molar-refractivity contribution in [3.63, 3.8) is 0 Å². The molecule has 3 aromatic heterocycles. The van der Waals surface area contributed by atoms with Crippen LogP contribution in [0.1, 0.15) is 62.2 Å². The summed E-state index contributed by atoms with van der Waals surface area (Å²) in [7, 11) is 3.12. The molecular weight excluding hydrogens is 510 g/mol. The lowest BCUT2D eigenvalue weighted by atomic mass is 9.94. The zero-order valence-corrected chi connectivity index (χ0v) is 24.0. The van der Waals surface area contributed by atoms with Crippen molar-refractivity contribution in [1.29, 1.82) is 0 Å². The van der Waals surface area contributed by atoms with Crippen LogP contribution in [-0.4, -0.2) is 46.5 Å². The predicted octanol–water partition coefficient (Wildman–Crippen LogP) is 5.32. The summed E-state index contributed by atoms with van der Waals surface area (Å²) >= 11 is 0. The lowest BCUT2D eigenvalue weighted by Gasteiger charge is -2.19. The van der Waals surface area contributed by atoms with Crippen molar-refractivity contribution < 1.29 is 23.7 Å². The van der Waals surface area contributed by atoms with Gasteiger partial charge in [-0.05, 0) is 44.4 Å². The highest BCUT2D eigenvalue weighted by Gasteiger charge is 2.32. The van der Waals surface area contributed by atoms with Crippen molar-refractivity contribution in [2.45, 2.75) is 59.4 Å². The van der Waals surface area contributed by atoms with Crippen LogP contribution in [0, 0.1) is 6.92 Å². The van der Waals surface area contributed by atoms with Gasteiger partial charge >= 0.3 is 0 Å². The molecule has 1 atom stereocenters. The molecule has 1 unspecified atom stereocenters. The summed E-state index contributed by atoms with van der Waals surface area (Å²) in [5.74, 6) is 1.18. The maximum atomic E-state index is 12.9. The second kappa shape index (κ2) is 12.7. The maximum absolute atomic E-state index is 12.9. The summed E-state index contributed by atoms with van der Waals surface area (Å²) in [6.07, 6.45) is 5.90. The summed E-state index contributed by atoms with van der Waals surface area (Å²) in [5.41, 5.74) is 9.71. The van der Waals surface area contributed by atoms with E-state index in [9.17, 15) is 4.79 Å². The number of amides is 1. The van der Waals surface area contributed by atoms with E-state index in [0.29, 0.717) is 53.1 Å². The van der Waals surface area contributed by atoms with Gasteiger partial charge in [-0.2, -0.15) is 5.10 Å². The van der Waals surface area contributed by atoms with E-state index in [4.69, 9.17) is 29.8 Å². The molecule has 0 saturated heterocycles. The van der Waals surface area contributed by atoms with E-state index in [1.54, 1.807) is 31.6 Å². The third kappa shape index (κ3) is 5.66. The summed E-state index contributed by atoms with van der Waals surface area (Å²) in [6, 6.07) is 7.12. The molecule has 0 radical (unpaired) electrons. The Morgan fingerprint density at radius 3 is 2.45 bits per heavy atom. The molecular formula is C30H37N5O5. The third-order valence-corrected chi connectivity index (χ3v) is 6.82. The molecule has 1 amide bonds. The fraction of sp³-hybridized carbons (Fsp3) is 0.400. The van der Waals surface area contributed by atoms with Crippen LogP contribution in [0.3, 0.4) is 0 Å². The molecule has 40 heavy (non-hydrogen) atoms. The van der Waals surface area contributed by atoms with E-state index in [1.165, 1.54) is 7.11 Å². The minimum absolute atomic E-state index is 0.386. The molecule has 1 aromatic carbocycles. The molecule has 3 heterocycles. The van der Waals surface area contributed by atoms with Gasteiger partial charge in [0.15, 0.2) is 11.5 Å². The summed E-state index contributed by atoms with van der Waals surface area (Å²) in [5, 5.41) is 5.51. The van der Waals surface area contributed by atoms with Gasteiger partial charge in [0.1, 0.15) is 28.9 Å². The van der Waals surface area contributed by atoms with Gasteiger partial charge in [0, 0.05) is 30.3 Å². The SMILES string of the molecule is CCCCn1nc(CC)c(C)c1C(C(N)=O)c1ncc(Oc2ccnc3cc(OCC)c(OC)cc23)cc1OC. The number of benzene rings is 1. The molecule has 4 rings (SSSR count). The number of nitrogens with two attached hydrogens (primary N) is 1. The van der Waals surface area contributed by atoms with Gasteiger partial charge in [-0.15, -0.1) is 0 Å². The highest BCUT2D eigenvalue weighted by Crippen LogP contribution is 2.39. The Labute approximate surface area is 234 Å². The number of hydrogen-bond donors (Lipinski definition) is 1. The first-order valence-electron chi connectivity index (χ1n) is 13.5. The number of carbonyl (C=O) groups excluding carboxylic acids is 1. The molecule has 212 valence electrons. The van der Waals surface area contributed by atoms with Crippen LogP contribution in [-0.2, 0) is 17.8 Å². The minimum atomic E-state index is -0.836. The van der Waals surface area contributed by atoms with Crippen LogP contribution < -0.4 is 24.7 Å². The smallest absolute Gasteiger partial charge is 0.232 e. The highest BCUT2D eigenvalue weighted by atomic mass is 16.5. The molecule has 0 spiro atoms. The zero-order chi connectivity index (χ0) is 28.8. The number of nitrogens with zero attached hydrogens (tertiary/aromatic N) is 4. The second-order valence-corrected chi connectivity index (χ2v) is 9.35. The van der Waals surface area contributed by atoms with Gasteiger partial charge in [0.25, 0.3) is 0 Å². The number of carbonyl (C=O) groups is 1. The van der Waals surface area contributed by atoms with E-state index < -0.39 is 11.8 Å². The number of ether oxygens (including phenoxy) is 4. The molecule has 0 bridgehead atoms. The number of primary amides is 1. The summed E-state index contributed by atoms with van der Waals surface area (Å²) in [4.78, 5) is 22.0. The normalized spacial score (nSPS) is 11.8. The number of rotatable bonds is 13. The Morgan fingerprint density at radius 1 is 1.02 bits per heavy atom. The first kappa shape index (κ1) is 28.7. The van der Waals surface area contributed by atoms with Gasteiger partial charge in [0.2, 0.25) is 5.91 Å². The Bertz CT molecular complexity index is 1500. The number of hydrogen-bond acceptors (Lipinski definition) is 8. The molecule has 0 aliphatic rings. The monoisotopic (exact) mass is 547 g/mol. The van der Waals surface area contributed by atoms with Crippen LogP contribution in [0.25, 0.3) is 10.9 Å². The minimum Gasteiger partial charge on any atom is -0.495 e. The number of aryl methyl sites for hydroxylation is 2. The van der Waals surface area contributed by atoms with Crippen molar-refractivity contribution in [1.82, 2.24) is 19.7 Å². The average molecular weight is 548 g/mol. The van der Waals surface area contributed by atoms with Crippen molar-refractivity contribution in [3.8, 4) is 28.7 Å². The van der Waals surface area contributed by atoms with E-state index in [0.717, 1.165) is 41.6 Å². The topological polar surface area (TPSA) is 124 Å². The molecule has 4 aromatic rings. The van der Waals surface area contributed by atoms with Crippen LogP contribution in [0.4, 0.5) is 0 Å². The second-order valence-electron chi connectivity index (χ2n) is 9.35. The predicted molar refractivity (Wildman–Crippen MR) is 153 cm³/mol. The van der Waals surface area contributed by atoms with Gasteiger partial charge in [-0.3, -0.25) is 19.4 Å². The third-order valence-electron chi connectivity index (χ3n) is 6.82. The first-order chi connectivity index (χ1) is 19.4. The Morgan fingerprint density at radius 2 is 1.80 bits per heavy atom. The lowest BCUT2D eigenvalue weighted by Crippen LogP contribution is -2.27. The molecule has 0 saturated carbocycles. The largest absolute Gasteiger partial charge is 0.495 e. The Balaban J connectivity index is 1.75. The standard InChI is InChI=1S/C30H37N5O5/c1-7-10-13-35-29(18(4)21(8-2)34-35)27(30(31)36)28-26(38-6)14-19(17-33-28)40-23-11-12-32-22-16-25(39-9-3)24(37-5)15-20(22)23/h11-12,14-17,27H,7-10,13H2,1-6H3,(H2,31,36). The fourth-order valence-electron chi connectivity index (χ4n) is 4.84. The van der Waals surface area contributed by atoms with Crippen molar-refractivity contribution >= 4 is 16.8 Å². The average Bonchev–Trinajstić information content (AvgIpc) is 3.27. The van der Waals surface area contributed by atoms with Crippen LogP contribution >= 0.6 is 0 Å². The van der Waals surface area contributed by atoms with Crippen LogP contribution in [0.2, 0.25) is 0 Å². The molecule has 0 fully saturated rings. The lowest BCUT2D eigenvalue weighted by molar-refractivity contribution is -0.118. The Kier molecular flexibility index (Phi) is 9.08. The van der Waals surface area contributed by atoms with Crippen LogP contribution in [0.15, 0.2) is 36.7 Å². The number of aromatic nitrogens is 4. The highest BCUT2D eigenvalue weighted by molar-refractivity contribution is 5.88. The quantitative estimate of drug-likeness (QED) is 0.238. The fourth-order valence-corrected chi connectivity index (χ4v) is 4.84. The zero-order valence-electron chi connectivity index (χ0n) is 24.0. The summed E-state index contributed by atoms with van der Waals surface area (Å²) in [6.45, 7) is 9.23.